The number of carbonyl (C=O) groups excluding carboxylic acids is 3. The highest BCUT2D eigenvalue weighted by atomic mass is 31.2. The SMILES string of the molecule is CC/C=C\C/C=C\C/C=C\CCCCCCCC(=O)OC(CO)COP(=O)(O)OCC(COC(=O)CCCCCCC/C=C\CCCCCC)OC(=O)CCCCCCCCCCC/C=C\CCCCCCCC. The molecule has 0 spiro atoms. The molecule has 0 aliphatic carbocycles. The van der Waals surface area contributed by atoms with Crippen LogP contribution in [0.2, 0.25) is 0 Å². The molecule has 0 rings (SSSR count). The van der Waals surface area contributed by atoms with Crippen LogP contribution in [0, 0.1) is 0 Å². The van der Waals surface area contributed by atoms with Crippen molar-refractivity contribution < 1.29 is 52.2 Å². The van der Waals surface area contributed by atoms with Crippen LogP contribution in [0.4, 0.5) is 0 Å². The Morgan fingerprint density at radius 3 is 1.11 bits per heavy atom. The van der Waals surface area contributed by atoms with E-state index in [1.165, 1.54) is 109 Å². The molecule has 0 bridgehead atoms. The Balaban J connectivity index is 4.70. The number of allylic oxidation sites excluding steroid dienone is 10. The highest BCUT2D eigenvalue weighted by Gasteiger charge is 2.28. The molecule has 0 aromatic heterocycles. The molecular formula is C62H111O11P. The number of hydrogen-bond donors (Lipinski definition) is 2. The van der Waals surface area contributed by atoms with Gasteiger partial charge in [0, 0.05) is 19.3 Å². The molecule has 3 atom stereocenters. The maximum absolute atomic E-state index is 12.9. The predicted octanol–water partition coefficient (Wildman–Crippen LogP) is 17.9. The lowest BCUT2D eigenvalue weighted by atomic mass is 10.1. The van der Waals surface area contributed by atoms with Crippen LogP contribution >= 0.6 is 7.82 Å². The Labute approximate surface area is 453 Å². The summed E-state index contributed by atoms with van der Waals surface area (Å²) in [6, 6.07) is 0. The molecule has 3 unspecified atom stereocenters. The van der Waals surface area contributed by atoms with Crippen molar-refractivity contribution in [3.63, 3.8) is 0 Å². The van der Waals surface area contributed by atoms with E-state index in [1.54, 1.807) is 0 Å². The van der Waals surface area contributed by atoms with Crippen LogP contribution in [0.3, 0.4) is 0 Å². The third kappa shape index (κ3) is 54.0. The Morgan fingerprint density at radius 2 is 0.703 bits per heavy atom. The molecule has 430 valence electrons. The second-order valence-corrected chi connectivity index (χ2v) is 21.6. The molecule has 0 aliphatic rings. The summed E-state index contributed by atoms with van der Waals surface area (Å²) >= 11 is 0. The van der Waals surface area contributed by atoms with Crippen LogP contribution in [0.5, 0.6) is 0 Å². The predicted molar refractivity (Wildman–Crippen MR) is 307 cm³/mol. The van der Waals surface area contributed by atoms with Crippen molar-refractivity contribution in [3.8, 4) is 0 Å². The number of ether oxygens (including phenoxy) is 3. The van der Waals surface area contributed by atoms with Crippen molar-refractivity contribution in [2.45, 2.75) is 290 Å². The van der Waals surface area contributed by atoms with E-state index in [9.17, 15) is 28.9 Å². The summed E-state index contributed by atoms with van der Waals surface area (Å²) in [5, 5.41) is 9.82. The van der Waals surface area contributed by atoms with E-state index in [4.69, 9.17) is 23.3 Å². The van der Waals surface area contributed by atoms with Gasteiger partial charge < -0.3 is 24.2 Å². The largest absolute Gasteiger partial charge is 0.472 e. The molecule has 12 heteroatoms. The molecule has 2 N–H and O–H groups in total. The van der Waals surface area contributed by atoms with Crippen LogP contribution in [0.1, 0.15) is 278 Å². The van der Waals surface area contributed by atoms with Crippen LogP contribution in [0.15, 0.2) is 60.8 Å². The summed E-state index contributed by atoms with van der Waals surface area (Å²) < 4.78 is 39.6. The first-order valence-electron chi connectivity index (χ1n) is 30.2. The van der Waals surface area contributed by atoms with Gasteiger partial charge in [0.1, 0.15) is 12.7 Å². The maximum Gasteiger partial charge on any atom is 0.472 e. The Morgan fingerprint density at radius 1 is 0.392 bits per heavy atom. The number of phosphoric acid groups is 1. The van der Waals surface area contributed by atoms with Gasteiger partial charge in [-0.2, -0.15) is 0 Å². The van der Waals surface area contributed by atoms with E-state index in [-0.39, 0.29) is 25.9 Å². The van der Waals surface area contributed by atoms with Crippen molar-refractivity contribution in [1.29, 1.82) is 0 Å². The van der Waals surface area contributed by atoms with E-state index in [0.717, 1.165) is 109 Å². The minimum absolute atomic E-state index is 0.157. The third-order valence-corrected chi connectivity index (χ3v) is 13.8. The number of carbonyl (C=O) groups is 3. The van der Waals surface area contributed by atoms with Crippen LogP contribution in [0.25, 0.3) is 0 Å². The van der Waals surface area contributed by atoms with Gasteiger partial charge >= 0.3 is 25.7 Å². The molecule has 0 fully saturated rings. The quantitative estimate of drug-likeness (QED) is 0.0197. The summed E-state index contributed by atoms with van der Waals surface area (Å²) in [5.74, 6) is -1.48. The molecule has 0 saturated heterocycles. The molecular weight excluding hydrogens is 952 g/mol. The molecule has 0 aliphatic heterocycles. The highest BCUT2D eigenvalue weighted by Crippen LogP contribution is 2.43. The zero-order valence-electron chi connectivity index (χ0n) is 47.6. The lowest BCUT2D eigenvalue weighted by Gasteiger charge is -2.21. The van der Waals surface area contributed by atoms with Crippen LogP contribution in [-0.2, 0) is 42.2 Å². The van der Waals surface area contributed by atoms with Crippen molar-refractivity contribution >= 4 is 25.7 Å². The Hall–Kier alpha value is -2.82. The monoisotopic (exact) mass is 1060 g/mol. The maximum atomic E-state index is 12.9. The van der Waals surface area contributed by atoms with Crippen molar-refractivity contribution in [3.05, 3.63) is 60.8 Å². The Bertz CT molecular complexity index is 1470. The number of phosphoric ester groups is 1. The first-order chi connectivity index (χ1) is 36.2. The molecule has 0 aromatic rings. The van der Waals surface area contributed by atoms with E-state index in [0.29, 0.717) is 19.3 Å². The third-order valence-electron chi connectivity index (χ3n) is 12.9. The summed E-state index contributed by atoms with van der Waals surface area (Å²) in [7, 11) is -4.75. The summed E-state index contributed by atoms with van der Waals surface area (Å²) in [6.07, 6.45) is 61.7. The van der Waals surface area contributed by atoms with E-state index < -0.39 is 57.8 Å². The number of aliphatic hydroxyl groups excluding tert-OH is 1. The average Bonchev–Trinajstić information content (AvgIpc) is 3.39. The fraction of sp³-hybridized carbons (Fsp3) is 0.790. The molecule has 11 nitrogen and oxygen atoms in total. The zero-order chi connectivity index (χ0) is 54.1. The average molecular weight is 1060 g/mol. The number of aliphatic hydroxyl groups is 1. The first kappa shape index (κ1) is 71.2. The smallest absolute Gasteiger partial charge is 0.462 e. The molecule has 0 amide bonds. The molecule has 0 radical (unpaired) electrons. The molecule has 0 heterocycles. The number of esters is 3. The minimum atomic E-state index is -4.75. The van der Waals surface area contributed by atoms with Gasteiger partial charge in [0.2, 0.25) is 0 Å². The molecule has 0 saturated carbocycles. The van der Waals surface area contributed by atoms with Crippen LogP contribution < -0.4 is 0 Å². The lowest BCUT2D eigenvalue weighted by Crippen LogP contribution is -2.30. The number of rotatable bonds is 56. The first-order valence-corrected chi connectivity index (χ1v) is 31.7. The minimum Gasteiger partial charge on any atom is -0.462 e. The topological polar surface area (TPSA) is 155 Å². The number of unbranched alkanes of at least 4 members (excludes halogenated alkanes) is 29. The van der Waals surface area contributed by atoms with E-state index >= 15 is 0 Å². The van der Waals surface area contributed by atoms with E-state index in [1.807, 2.05) is 0 Å². The van der Waals surface area contributed by atoms with Crippen molar-refractivity contribution in [2.75, 3.05) is 26.4 Å². The van der Waals surface area contributed by atoms with Gasteiger partial charge in [-0.25, -0.2) is 4.57 Å². The fourth-order valence-corrected chi connectivity index (χ4v) is 9.09. The molecule has 0 aromatic carbocycles. The van der Waals surface area contributed by atoms with Gasteiger partial charge in [-0.3, -0.25) is 23.4 Å². The van der Waals surface area contributed by atoms with Gasteiger partial charge in [-0.05, 0) is 103 Å². The summed E-state index contributed by atoms with van der Waals surface area (Å²) in [4.78, 5) is 48.6. The fourth-order valence-electron chi connectivity index (χ4n) is 8.30. The lowest BCUT2D eigenvalue weighted by molar-refractivity contribution is -0.161. The van der Waals surface area contributed by atoms with Gasteiger partial charge in [0.05, 0.1) is 19.8 Å². The summed E-state index contributed by atoms with van der Waals surface area (Å²) in [5.41, 5.74) is 0. The highest BCUT2D eigenvalue weighted by molar-refractivity contribution is 7.47. The van der Waals surface area contributed by atoms with Gasteiger partial charge in [-0.15, -0.1) is 0 Å². The second kappa shape index (κ2) is 56.4. The van der Waals surface area contributed by atoms with Crippen molar-refractivity contribution in [2.24, 2.45) is 0 Å². The normalized spacial score (nSPS) is 13.7. The zero-order valence-corrected chi connectivity index (χ0v) is 48.5. The van der Waals surface area contributed by atoms with Crippen LogP contribution in [-0.4, -0.2) is 66.5 Å². The van der Waals surface area contributed by atoms with E-state index in [2.05, 4.69) is 81.5 Å². The van der Waals surface area contributed by atoms with Gasteiger partial charge in [0.15, 0.2) is 6.10 Å². The summed E-state index contributed by atoms with van der Waals surface area (Å²) in [6.45, 7) is 4.51. The molecule has 74 heavy (non-hydrogen) atoms. The Kier molecular flexibility index (Phi) is 54.2. The standard InChI is InChI=1S/C62H111O11P/c1-4-7-10-13-16-19-22-25-27-28-29-30-32-35-38-41-44-47-50-53-62(66)73-59(55-69-60(64)51-48-45-42-39-36-33-24-21-18-15-12-9-6-3)57-71-74(67,68)70-56-58(54-63)72-61(65)52-49-46-43-40-37-34-31-26-23-20-17-14-11-8-5-2/h8,11,17,20-21,24-27,31,58-59,63H,4-7,9-10,12-16,18-19,22-23,28-30,32-57H2,1-3H3,(H,67,68)/b11-8-,20-17-,24-21-,27-25-,31-26-. The van der Waals surface area contributed by atoms with Gasteiger partial charge in [-0.1, -0.05) is 216 Å². The van der Waals surface area contributed by atoms with Crippen molar-refractivity contribution in [1.82, 2.24) is 0 Å². The number of hydrogen-bond acceptors (Lipinski definition) is 10. The van der Waals surface area contributed by atoms with Gasteiger partial charge in [0.25, 0.3) is 0 Å². The second-order valence-electron chi connectivity index (χ2n) is 20.1.